The molecule has 0 radical (unpaired) electrons. The van der Waals surface area contributed by atoms with Crippen molar-refractivity contribution in [1.82, 2.24) is 4.98 Å². The molecule has 1 aromatic heterocycles. The second-order valence-corrected chi connectivity index (χ2v) is 7.76. The molecule has 1 aliphatic carbocycles. The van der Waals surface area contributed by atoms with Crippen molar-refractivity contribution in [2.24, 2.45) is 10.7 Å². The molecule has 0 spiro atoms. The molecule has 2 aliphatic rings. The quantitative estimate of drug-likeness (QED) is 0.729. The number of hydrogen-bond donors (Lipinski definition) is 1. The van der Waals surface area contributed by atoms with Gasteiger partial charge in [-0.05, 0) is 54.0 Å². The van der Waals surface area contributed by atoms with Gasteiger partial charge in [0, 0.05) is 23.9 Å². The molecular formula is C24H23N3. The summed E-state index contributed by atoms with van der Waals surface area (Å²) in [6.45, 7) is 0. The number of aromatic nitrogens is 1. The zero-order valence-electron chi connectivity index (χ0n) is 15.3. The van der Waals surface area contributed by atoms with Crippen molar-refractivity contribution in [3.63, 3.8) is 0 Å². The maximum Gasteiger partial charge on any atom is 0.0696 e. The number of benzene rings is 2. The third-order valence-corrected chi connectivity index (χ3v) is 6.08. The van der Waals surface area contributed by atoms with Gasteiger partial charge in [0.1, 0.15) is 0 Å². The predicted molar refractivity (Wildman–Crippen MR) is 109 cm³/mol. The number of hydrogen-bond acceptors (Lipinski definition) is 3. The monoisotopic (exact) mass is 353 g/mol. The molecule has 3 nitrogen and oxygen atoms in total. The number of nitrogens with two attached hydrogens (primary N) is 1. The Kier molecular flexibility index (Phi) is 3.91. The summed E-state index contributed by atoms with van der Waals surface area (Å²) in [5, 5.41) is 0. The van der Waals surface area contributed by atoms with E-state index in [0.29, 0.717) is 0 Å². The topological polar surface area (TPSA) is 51.3 Å². The van der Waals surface area contributed by atoms with Gasteiger partial charge in [-0.2, -0.15) is 0 Å². The van der Waals surface area contributed by atoms with Crippen LogP contribution < -0.4 is 5.73 Å². The molecule has 1 fully saturated rings. The number of pyridine rings is 1. The number of nitrogens with zero attached hydrogens (tertiary/aromatic N) is 2. The maximum atomic E-state index is 6.50. The molecule has 2 aromatic carbocycles. The Hall–Kier alpha value is -2.78. The normalized spacial score (nSPS) is 20.3. The first-order valence-corrected chi connectivity index (χ1v) is 9.69. The molecule has 3 heteroatoms. The number of aliphatic imine (C=N–C) groups is 1. The van der Waals surface area contributed by atoms with Crippen molar-refractivity contribution in [2.45, 2.75) is 37.1 Å². The van der Waals surface area contributed by atoms with E-state index in [-0.39, 0.29) is 11.5 Å². The van der Waals surface area contributed by atoms with E-state index in [1.807, 2.05) is 18.5 Å². The molecule has 2 N–H and O–H groups in total. The summed E-state index contributed by atoms with van der Waals surface area (Å²) in [7, 11) is 0. The van der Waals surface area contributed by atoms with Crippen LogP contribution in [0.25, 0.3) is 0 Å². The van der Waals surface area contributed by atoms with Crippen LogP contribution >= 0.6 is 0 Å². The van der Waals surface area contributed by atoms with Crippen LogP contribution in [0.4, 0.5) is 5.69 Å². The molecule has 1 saturated carbocycles. The molecule has 27 heavy (non-hydrogen) atoms. The minimum Gasteiger partial charge on any atom is -0.321 e. The average Bonchev–Trinajstić information content (AvgIpc) is 2.72. The van der Waals surface area contributed by atoms with Crippen LogP contribution in [0.15, 0.2) is 78.0 Å². The lowest BCUT2D eigenvalue weighted by molar-refractivity contribution is 0.253. The summed E-state index contributed by atoms with van der Waals surface area (Å²) in [6, 6.07) is 21.4. The SMILES string of the molecule is NC1(c2ccc(C3=Nc4ccncc4CC3c3ccccc3)cc2)CCC1. The van der Waals surface area contributed by atoms with Crippen molar-refractivity contribution >= 4 is 11.4 Å². The van der Waals surface area contributed by atoms with Crippen molar-refractivity contribution < 1.29 is 0 Å². The Morgan fingerprint density at radius 2 is 1.70 bits per heavy atom. The molecule has 1 unspecified atom stereocenters. The van der Waals surface area contributed by atoms with Crippen LogP contribution in [0.2, 0.25) is 0 Å². The predicted octanol–water partition coefficient (Wildman–Crippen LogP) is 4.88. The standard InChI is InChI=1S/C24H23N3/c25-24(12-4-13-24)20-9-7-18(8-10-20)23-21(17-5-2-1-3-6-17)15-19-16-26-14-11-22(19)27-23/h1-3,5-11,14,16,21H,4,12-13,15,25H2. The van der Waals surface area contributed by atoms with Crippen molar-refractivity contribution in [3.05, 3.63) is 95.3 Å². The molecule has 5 rings (SSSR count). The van der Waals surface area contributed by atoms with Crippen LogP contribution in [0.3, 0.4) is 0 Å². The highest BCUT2D eigenvalue weighted by Crippen LogP contribution is 2.40. The molecule has 0 amide bonds. The summed E-state index contributed by atoms with van der Waals surface area (Å²) in [6.07, 6.45) is 8.09. The van der Waals surface area contributed by atoms with Gasteiger partial charge in [0.2, 0.25) is 0 Å². The molecule has 1 aliphatic heterocycles. The Bertz CT molecular complexity index is 986. The van der Waals surface area contributed by atoms with E-state index in [0.717, 1.165) is 30.7 Å². The van der Waals surface area contributed by atoms with Gasteiger partial charge in [-0.15, -0.1) is 0 Å². The van der Waals surface area contributed by atoms with Gasteiger partial charge in [-0.25, -0.2) is 0 Å². The summed E-state index contributed by atoms with van der Waals surface area (Å²) in [5.41, 5.74) is 13.5. The summed E-state index contributed by atoms with van der Waals surface area (Å²) in [4.78, 5) is 9.34. The van der Waals surface area contributed by atoms with E-state index in [1.165, 1.54) is 28.7 Å². The Morgan fingerprint density at radius 1 is 0.926 bits per heavy atom. The minimum atomic E-state index is -0.121. The van der Waals surface area contributed by atoms with Crippen LogP contribution in [-0.4, -0.2) is 10.7 Å². The van der Waals surface area contributed by atoms with Gasteiger partial charge in [-0.3, -0.25) is 9.98 Å². The van der Waals surface area contributed by atoms with E-state index in [2.05, 4.69) is 59.6 Å². The fourth-order valence-corrected chi connectivity index (χ4v) is 4.26. The number of fused-ring (bicyclic) bond motifs is 1. The fourth-order valence-electron chi connectivity index (χ4n) is 4.26. The first-order valence-electron chi connectivity index (χ1n) is 9.69. The van der Waals surface area contributed by atoms with E-state index >= 15 is 0 Å². The highest BCUT2D eigenvalue weighted by Gasteiger charge is 2.34. The van der Waals surface area contributed by atoms with Crippen LogP contribution in [0.1, 0.15) is 47.4 Å². The van der Waals surface area contributed by atoms with E-state index in [9.17, 15) is 0 Å². The maximum absolute atomic E-state index is 6.50. The van der Waals surface area contributed by atoms with Crippen molar-refractivity contribution in [1.29, 1.82) is 0 Å². The third kappa shape index (κ3) is 2.88. The van der Waals surface area contributed by atoms with Crippen LogP contribution in [-0.2, 0) is 12.0 Å². The summed E-state index contributed by atoms with van der Waals surface area (Å²) >= 11 is 0. The van der Waals surface area contributed by atoms with E-state index in [1.54, 1.807) is 0 Å². The van der Waals surface area contributed by atoms with Gasteiger partial charge in [-0.1, -0.05) is 54.6 Å². The molecule has 0 bridgehead atoms. The molecule has 134 valence electrons. The van der Waals surface area contributed by atoms with E-state index in [4.69, 9.17) is 10.7 Å². The van der Waals surface area contributed by atoms with Gasteiger partial charge in [0.25, 0.3) is 0 Å². The lowest BCUT2D eigenvalue weighted by Crippen LogP contribution is -2.43. The molecule has 0 saturated heterocycles. The van der Waals surface area contributed by atoms with Gasteiger partial charge in [0.15, 0.2) is 0 Å². The second kappa shape index (κ2) is 6.43. The second-order valence-electron chi connectivity index (χ2n) is 7.76. The smallest absolute Gasteiger partial charge is 0.0696 e. The first-order chi connectivity index (χ1) is 13.2. The highest BCUT2D eigenvalue weighted by molar-refractivity contribution is 6.07. The van der Waals surface area contributed by atoms with Crippen molar-refractivity contribution in [3.8, 4) is 0 Å². The average molecular weight is 353 g/mol. The summed E-state index contributed by atoms with van der Waals surface area (Å²) in [5.74, 6) is 0.240. The zero-order chi connectivity index (χ0) is 18.3. The summed E-state index contributed by atoms with van der Waals surface area (Å²) < 4.78 is 0. The largest absolute Gasteiger partial charge is 0.321 e. The first kappa shape index (κ1) is 16.4. The van der Waals surface area contributed by atoms with Gasteiger partial charge < -0.3 is 5.73 Å². The van der Waals surface area contributed by atoms with Crippen molar-refractivity contribution in [2.75, 3.05) is 0 Å². The number of rotatable bonds is 3. The lowest BCUT2D eigenvalue weighted by Gasteiger charge is -2.38. The van der Waals surface area contributed by atoms with Crippen LogP contribution in [0, 0.1) is 0 Å². The molecule has 2 heterocycles. The minimum absolute atomic E-state index is 0.121. The fraction of sp³-hybridized carbons (Fsp3) is 0.250. The highest BCUT2D eigenvalue weighted by atomic mass is 14.8. The van der Waals surface area contributed by atoms with E-state index < -0.39 is 0 Å². The molecule has 1 atom stereocenters. The zero-order valence-corrected chi connectivity index (χ0v) is 15.3. The molecule has 3 aromatic rings. The lowest BCUT2D eigenvalue weighted by atomic mass is 9.72. The van der Waals surface area contributed by atoms with Crippen LogP contribution in [0.5, 0.6) is 0 Å². The van der Waals surface area contributed by atoms with Gasteiger partial charge >= 0.3 is 0 Å². The Balaban J connectivity index is 1.57. The third-order valence-electron chi connectivity index (χ3n) is 6.08. The Labute approximate surface area is 160 Å². The molecular weight excluding hydrogens is 330 g/mol. The Morgan fingerprint density at radius 3 is 2.41 bits per heavy atom. The van der Waals surface area contributed by atoms with Gasteiger partial charge in [0.05, 0.1) is 11.4 Å².